The number of rotatable bonds is 4. The van der Waals surface area contributed by atoms with Gasteiger partial charge >= 0.3 is 0 Å². The summed E-state index contributed by atoms with van der Waals surface area (Å²) < 4.78 is 5.15. The van der Waals surface area contributed by atoms with Crippen LogP contribution in [-0.2, 0) is 16.1 Å². The van der Waals surface area contributed by atoms with Crippen molar-refractivity contribution in [3.8, 4) is 0 Å². The van der Waals surface area contributed by atoms with Crippen molar-refractivity contribution in [3.63, 3.8) is 0 Å². The zero-order chi connectivity index (χ0) is 14.7. The molecule has 2 heterocycles. The smallest absolute Gasteiger partial charge is 0.239 e. The molecule has 1 aromatic carbocycles. The maximum Gasteiger partial charge on any atom is 0.239 e. The maximum absolute atomic E-state index is 12.4. The van der Waals surface area contributed by atoms with E-state index in [0.717, 1.165) is 5.69 Å². The van der Waals surface area contributed by atoms with E-state index in [2.05, 4.69) is 5.32 Å². The van der Waals surface area contributed by atoms with Gasteiger partial charge in [-0.3, -0.25) is 9.59 Å². The number of nitrogens with one attached hydrogen (secondary N) is 1. The van der Waals surface area contributed by atoms with Crippen LogP contribution in [0, 0.1) is 5.92 Å². The van der Waals surface area contributed by atoms with Crippen LogP contribution in [0.25, 0.3) is 0 Å². The minimum Gasteiger partial charge on any atom is -0.467 e. The van der Waals surface area contributed by atoms with Gasteiger partial charge in [-0.1, -0.05) is 18.2 Å². The molecule has 1 aliphatic rings. The Morgan fingerprint density at radius 1 is 1.24 bits per heavy atom. The number of benzene rings is 1. The molecule has 1 N–H and O–H groups in total. The predicted octanol–water partition coefficient (Wildman–Crippen LogP) is 1.95. The van der Waals surface area contributed by atoms with Crippen molar-refractivity contribution in [1.82, 2.24) is 5.32 Å². The van der Waals surface area contributed by atoms with E-state index >= 15 is 0 Å². The van der Waals surface area contributed by atoms with E-state index in [1.807, 2.05) is 30.3 Å². The summed E-state index contributed by atoms with van der Waals surface area (Å²) in [5, 5.41) is 2.75. The Morgan fingerprint density at radius 2 is 2.05 bits per heavy atom. The number of hydrogen-bond acceptors (Lipinski definition) is 3. The lowest BCUT2D eigenvalue weighted by molar-refractivity contribution is -0.132. The molecule has 3 rings (SSSR count). The highest BCUT2D eigenvalue weighted by Crippen LogP contribution is 2.25. The minimum absolute atomic E-state index is 0.141. The van der Waals surface area contributed by atoms with Gasteiger partial charge in [0, 0.05) is 12.2 Å². The molecule has 21 heavy (non-hydrogen) atoms. The zero-order valence-corrected chi connectivity index (χ0v) is 11.5. The Balaban J connectivity index is 1.62. The van der Waals surface area contributed by atoms with E-state index in [-0.39, 0.29) is 11.8 Å². The number of anilines is 1. The zero-order valence-electron chi connectivity index (χ0n) is 11.5. The summed E-state index contributed by atoms with van der Waals surface area (Å²) in [5.41, 5.74) is 0.837. The van der Waals surface area contributed by atoms with Gasteiger partial charge in [-0.2, -0.15) is 0 Å². The van der Waals surface area contributed by atoms with Crippen LogP contribution in [-0.4, -0.2) is 18.4 Å². The molecule has 108 valence electrons. The van der Waals surface area contributed by atoms with E-state index in [1.165, 1.54) is 0 Å². The minimum atomic E-state index is -0.611. The summed E-state index contributed by atoms with van der Waals surface area (Å²) >= 11 is 0. The van der Waals surface area contributed by atoms with Gasteiger partial charge in [-0.25, -0.2) is 0 Å². The van der Waals surface area contributed by atoms with Crippen LogP contribution in [0.2, 0.25) is 0 Å². The van der Waals surface area contributed by atoms with Crippen LogP contribution in [0.3, 0.4) is 0 Å². The van der Waals surface area contributed by atoms with E-state index in [9.17, 15) is 9.59 Å². The van der Waals surface area contributed by atoms with E-state index in [0.29, 0.717) is 25.3 Å². The molecule has 5 nitrogen and oxygen atoms in total. The topological polar surface area (TPSA) is 62.6 Å². The van der Waals surface area contributed by atoms with Crippen molar-refractivity contribution in [2.75, 3.05) is 11.4 Å². The van der Waals surface area contributed by atoms with Crippen molar-refractivity contribution < 1.29 is 14.0 Å². The molecule has 5 heteroatoms. The fourth-order valence-corrected chi connectivity index (χ4v) is 2.50. The molecule has 0 bridgehead atoms. The van der Waals surface area contributed by atoms with Gasteiger partial charge in [0.15, 0.2) is 0 Å². The van der Waals surface area contributed by atoms with Crippen molar-refractivity contribution in [1.29, 1.82) is 0 Å². The molecule has 1 aromatic heterocycles. The lowest BCUT2D eigenvalue weighted by atomic mass is 10.1. The van der Waals surface area contributed by atoms with Gasteiger partial charge in [-0.05, 0) is 30.7 Å². The summed E-state index contributed by atoms with van der Waals surface area (Å²) in [5.74, 6) is -0.318. The van der Waals surface area contributed by atoms with Crippen LogP contribution < -0.4 is 10.2 Å². The highest BCUT2D eigenvalue weighted by Gasteiger charge is 2.37. The number of amides is 2. The maximum atomic E-state index is 12.4. The molecule has 1 atom stereocenters. The normalized spacial score (nSPS) is 18.0. The van der Waals surface area contributed by atoms with Crippen molar-refractivity contribution in [3.05, 3.63) is 54.5 Å². The SMILES string of the molecule is O=C(NCc1ccco1)[C@H]1CCN(c2ccccc2)C1=O. The fourth-order valence-electron chi connectivity index (χ4n) is 2.50. The molecule has 1 fully saturated rings. The van der Waals surface area contributed by atoms with Gasteiger partial charge in [0.1, 0.15) is 11.7 Å². The van der Waals surface area contributed by atoms with E-state index < -0.39 is 5.92 Å². The predicted molar refractivity (Wildman–Crippen MR) is 77.5 cm³/mol. The lowest BCUT2D eigenvalue weighted by Gasteiger charge is -2.16. The molecular formula is C16H16N2O3. The highest BCUT2D eigenvalue weighted by molar-refractivity contribution is 6.09. The van der Waals surface area contributed by atoms with Crippen LogP contribution in [0.5, 0.6) is 0 Å². The third kappa shape index (κ3) is 2.81. The Hall–Kier alpha value is -2.56. The fraction of sp³-hybridized carbons (Fsp3) is 0.250. The molecule has 2 amide bonds. The first-order valence-electron chi connectivity index (χ1n) is 6.92. The average molecular weight is 284 g/mol. The quantitative estimate of drug-likeness (QED) is 0.873. The summed E-state index contributed by atoms with van der Waals surface area (Å²) in [7, 11) is 0. The second-order valence-electron chi connectivity index (χ2n) is 4.96. The first-order valence-corrected chi connectivity index (χ1v) is 6.92. The number of hydrogen-bond donors (Lipinski definition) is 1. The first kappa shape index (κ1) is 13.4. The van der Waals surface area contributed by atoms with Crippen LogP contribution in [0.15, 0.2) is 53.1 Å². The number of para-hydroxylation sites is 1. The summed E-state index contributed by atoms with van der Waals surface area (Å²) in [6.45, 7) is 0.878. The molecule has 0 radical (unpaired) electrons. The molecule has 1 aliphatic heterocycles. The molecule has 0 spiro atoms. The number of nitrogens with zero attached hydrogens (tertiary/aromatic N) is 1. The molecule has 1 saturated heterocycles. The molecule has 2 aromatic rings. The van der Waals surface area contributed by atoms with Crippen molar-refractivity contribution in [2.45, 2.75) is 13.0 Å². The highest BCUT2D eigenvalue weighted by atomic mass is 16.3. The number of carbonyl (C=O) groups excluding carboxylic acids is 2. The van der Waals surface area contributed by atoms with Crippen LogP contribution in [0.1, 0.15) is 12.2 Å². The Labute approximate surface area is 122 Å². The van der Waals surface area contributed by atoms with Crippen LogP contribution in [0.4, 0.5) is 5.69 Å². The van der Waals surface area contributed by atoms with Gasteiger partial charge in [0.25, 0.3) is 0 Å². The second-order valence-corrected chi connectivity index (χ2v) is 4.96. The average Bonchev–Trinajstić information content (AvgIpc) is 3.15. The van der Waals surface area contributed by atoms with Gasteiger partial charge in [0.05, 0.1) is 12.8 Å². The molecule has 0 unspecified atom stereocenters. The van der Waals surface area contributed by atoms with Crippen molar-refractivity contribution >= 4 is 17.5 Å². The van der Waals surface area contributed by atoms with Crippen LogP contribution >= 0.6 is 0 Å². The number of furan rings is 1. The molecule has 0 aliphatic carbocycles. The second kappa shape index (κ2) is 5.83. The third-order valence-electron chi connectivity index (χ3n) is 3.61. The summed E-state index contributed by atoms with van der Waals surface area (Å²) in [6.07, 6.45) is 2.09. The largest absolute Gasteiger partial charge is 0.467 e. The lowest BCUT2D eigenvalue weighted by Crippen LogP contribution is -2.36. The van der Waals surface area contributed by atoms with Gasteiger partial charge in [-0.15, -0.1) is 0 Å². The standard InChI is InChI=1S/C16H16N2O3/c19-15(17-11-13-7-4-10-21-13)14-8-9-18(16(14)20)12-5-2-1-3-6-12/h1-7,10,14H,8-9,11H2,(H,17,19)/t14-/m1/s1. The summed E-state index contributed by atoms with van der Waals surface area (Å²) in [6, 6.07) is 13.0. The Kier molecular flexibility index (Phi) is 3.73. The van der Waals surface area contributed by atoms with Crippen molar-refractivity contribution in [2.24, 2.45) is 5.92 Å². The first-order chi connectivity index (χ1) is 10.3. The monoisotopic (exact) mass is 284 g/mol. The number of carbonyl (C=O) groups is 2. The van der Waals surface area contributed by atoms with E-state index in [4.69, 9.17) is 4.42 Å². The van der Waals surface area contributed by atoms with Gasteiger partial charge < -0.3 is 14.6 Å². The molecule has 0 saturated carbocycles. The summed E-state index contributed by atoms with van der Waals surface area (Å²) in [4.78, 5) is 26.1. The Bertz CT molecular complexity index is 622. The Morgan fingerprint density at radius 3 is 2.76 bits per heavy atom. The van der Waals surface area contributed by atoms with Gasteiger partial charge in [0.2, 0.25) is 11.8 Å². The third-order valence-corrected chi connectivity index (χ3v) is 3.61. The molecular weight excluding hydrogens is 268 g/mol. The van der Waals surface area contributed by atoms with E-state index in [1.54, 1.807) is 23.3 Å².